The molecule has 0 bridgehead atoms. The first kappa shape index (κ1) is 15.0. The smallest absolute Gasteiger partial charge is 0.344 e. The molecule has 0 aliphatic heterocycles. The van der Waals surface area contributed by atoms with Gasteiger partial charge in [0.15, 0.2) is 5.16 Å². The lowest BCUT2D eigenvalue weighted by molar-refractivity contribution is 0.534. The van der Waals surface area contributed by atoms with Crippen LogP contribution in [0, 0.1) is 0 Å². The van der Waals surface area contributed by atoms with Crippen LogP contribution in [0.1, 0.15) is 38.9 Å². The molecule has 0 spiro atoms. The lowest BCUT2D eigenvalue weighted by Crippen LogP contribution is -2.19. The molecule has 0 aliphatic rings. The van der Waals surface area contributed by atoms with Gasteiger partial charge in [-0.3, -0.25) is 4.57 Å². The number of aromatic amines is 1. The van der Waals surface area contributed by atoms with Crippen LogP contribution < -0.4 is 11.0 Å². The molecule has 0 atom stereocenters. The Kier molecular flexibility index (Phi) is 5.18. The maximum atomic E-state index is 11.6. The molecule has 0 aliphatic carbocycles. The van der Waals surface area contributed by atoms with Crippen molar-refractivity contribution in [1.29, 1.82) is 0 Å². The molecule has 110 valence electrons. The molecule has 0 aromatic carbocycles. The number of hydrogen-bond acceptors (Lipinski definition) is 7. The standard InChI is InChI=1S/C11H18N6OS2/c1-4-5-12-9-8(13-16-20-9)6-19-11-15-14-10(18)17(11)7(2)3/h7,12H,4-6H2,1-3H3,(H,14,18). The monoisotopic (exact) mass is 314 g/mol. The van der Waals surface area contributed by atoms with E-state index in [1.54, 1.807) is 4.57 Å². The number of H-pyrrole nitrogens is 1. The molecule has 2 heterocycles. The van der Waals surface area contributed by atoms with Gasteiger partial charge < -0.3 is 5.32 Å². The van der Waals surface area contributed by atoms with Crippen LogP contribution in [0.4, 0.5) is 5.00 Å². The van der Waals surface area contributed by atoms with Gasteiger partial charge in [-0.05, 0) is 20.3 Å². The van der Waals surface area contributed by atoms with E-state index < -0.39 is 0 Å². The zero-order chi connectivity index (χ0) is 14.5. The van der Waals surface area contributed by atoms with Crippen molar-refractivity contribution in [3.8, 4) is 0 Å². The van der Waals surface area contributed by atoms with Crippen LogP contribution in [-0.2, 0) is 5.75 Å². The molecule has 7 nitrogen and oxygen atoms in total. The Labute approximate surface area is 125 Å². The van der Waals surface area contributed by atoms with Crippen molar-refractivity contribution in [1.82, 2.24) is 24.4 Å². The van der Waals surface area contributed by atoms with Gasteiger partial charge in [0.2, 0.25) is 0 Å². The summed E-state index contributed by atoms with van der Waals surface area (Å²) in [5, 5.41) is 15.6. The Morgan fingerprint density at radius 1 is 1.50 bits per heavy atom. The van der Waals surface area contributed by atoms with Crippen molar-refractivity contribution in [2.24, 2.45) is 0 Å². The van der Waals surface area contributed by atoms with Crippen LogP contribution in [0.2, 0.25) is 0 Å². The van der Waals surface area contributed by atoms with Gasteiger partial charge in [0, 0.05) is 29.9 Å². The zero-order valence-electron chi connectivity index (χ0n) is 11.7. The summed E-state index contributed by atoms with van der Waals surface area (Å²) in [7, 11) is 0. The highest BCUT2D eigenvalue weighted by Crippen LogP contribution is 2.26. The summed E-state index contributed by atoms with van der Waals surface area (Å²) in [6, 6.07) is 0.0787. The average molecular weight is 314 g/mol. The molecule has 2 rings (SSSR count). The van der Waals surface area contributed by atoms with Crippen LogP contribution in [0.5, 0.6) is 0 Å². The fraction of sp³-hybridized carbons (Fsp3) is 0.636. The molecule has 2 aromatic heterocycles. The fourth-order valence-electron chi connectivity index (χ4n) is 1.66. The van der Waals surface area contributed by atoms with Crippen molar-refractivity contribution in [3.05, 3.63) is 16.2 Å². The SMILES string of the molecule is CCCNc1snnc1CSc1n[nH]c(=O)n1C(C)C. The van der Waals surface area contributed by atoms with Gasteiger partial charge in [-0.25, -0.2) is 9.89 Å². The first-order valence-electron chi connectivity index (χ1n) is 6.48. The van der Waals surface area contributed by atoms with Gasteiger partial charge in [0.25, 0.3) is 0 Å². The Morgan fingerprint density at radius 2 is 2.30 bits per heavy atom. The van der Waals surface area contributed by atoms with Gasteiger partial charge >= 0.3 is 5.69 Å². The van der Waals surface area contributed by atoms with Crippen molar-refractivity contribution in [3.63, 3.8) is 0 Å². The van der Waals surface area contributed by atoms with E-state index in [-0.39, 0.29) is 11.7 Å². The molecule has 0 fully saturated rings. The van der Waals surface area contributed by atoms with Gasteiger partial charge in [0.1, 0.15) is 10.7 Å². The Bertz CT molecular complexity index is 602. The lowest BCUT2D eigenvalue weighted by Gasteiger charge is -2.08. The largest absolute Gasteiger partial charge is 0.374 e. The summed E-state index contributed by atoms with van der Waals surface area (Å²) in [6.07, 6.45) is 1.05. The minimum absolute atomic E-state index is 0.0787. The predicted octanol–water partition coefficient (Wildman–Crippen LogP) is 2.12. The summed E-state index contributed by atoms with van der Waals surface area (Å²) in [6.45, 7) is 6.93. The molecule has 0 saturated heterocycles. The number of aromatic nitrogens is 5. The van der Waals surface area contributed by atoms with E-state index in [0.29, 0.717) is 10.9 Å². The van der Waals surface area contributed by atoms with E-state index in [9.17, 15) is 4.79 Å². The average Bonchev–Trinajstić information content (AvgIpc) is 3.00. The first-order chi connectivity index (χ1) is 9.63. The molecule has 9 heteroatoms. The number of anilines is 1. The summed E-state index contributed by atoms with van der Waals surface area (Å²) in [5.41, 5.74) is 0.724. The van der Waals surface area contributed by atoms with E-state index in [2.05, 4.69) is 32.0 Å². The van der Waals surface area contributed by atoms with E-state index in [0.717, 1.165) is 23.7 Å². The molecular weight excluding hydrogens is 296 g/mol. The maximum absolute atomic E-state index is 11.6. The van der Waals surface area contributed by atoms with Crippen LogP contribution in [0.15, 0.2) is 9.95 Å². The normalized spacial score (nSPS) is 11.2. The highest BCUT2D eigenvalue weighted by molar-refractivity contribution is 7.98. The second kappa shape index (κ2) is 6.89. The van der Waals surface area contributed by atoms with Crippen LogP contribution in [-0.4, -0.2) is 30.9 Å². The molecule has 20 heavy (non-hydrogen) atoms. The lowest BCUT2D eigenvalue weighted by atomic mass is 10.4. The topological polar surface area (TPSA) is 88.5 Å². The predicted molar refractivity (Wildman–Crippen MR) is 81.5 cm³/mol. The minimum atomic E-state index is -0.178. The Balaban J connectivity index is 2.06. The van der Waals surface area contributed by atoms with Gasteiger partial charge in [-0.2, -0.15) is 0 Å². The van der Waals surface area contributed by atoms with Gasteiger partial charge in [-0.1, -0.05) is 23.2 Å². The third kappa shape index (κ3) is 3.40. The van der Waals surface area contributed by atoms with Crippen LogP contribution >= 0.6 is 23.3 Å². The van der Waals surface area contributed by atoms with Crippen molar-refractivity contribution in [2.75, 3.05) is 11.9 Å². The summed E-state index contributed by atoms with van der Waals surface area (Å²) in [5.74, 6) is 0.638. The number of nitrogens with zero attached hydrogens (tertiary/aromatic N) is 4. The molecule has 2 aromatic rings. The third-order valence-corrected chi connectivity index (χ3v) is 4.31. The van der Waals surface area contributed by atoms with E-state index in [4.69, 9.17) is 0 Å². The van der Waals surface area contributed by atoms with Crippen molar-refractivity contribution < 1.29 is 0 Å². The fourth-order valence-corrected chi connectivity index (χ4v) is 3.36. The summed E-state index contributed by atoms with van der Waals surface area (Å²) in [4.78, 5) is 11.6. The van der Waals surface area contributed by atoms with E-state index >= 15 is 0 Å². The molecule has 2 N–H and O–H groups in total. The summed E-state index contributed by atoms with van der Waals surface area (Å²) >= 11 is 2.84. The molecular formula is C11H18N6OS2. The molecule has 0 radical (unpaired) electrons. The quantitative estimate of drug-likeness (QED) is 0.761. The third-order valence-electron chi connectivity index (χ3n) is 2.62. The molecule has 0 unspecified atom stereocenters. The van der Waals surface area contributed by atoms with Gasteiger partial charge in [0.05, 0.1) is 0 Å². The second-order valence-electron chi connectivity index (χ2n) is 4.54. The molecule has 0 saturated carbocycles. The second-order valence-corrected chi connectivity index (χ2v) is 6.24. The van der Waals surface area contributed by atoms with Crippen LogP contribution in [0.25, 0.3) is 0 Å². The molecule has 0 amide bonds. The Morgan fingerprint density at radius 3 is 3.00 bits per heavy atom. The number of thioether (sulfide) groups is 1. The van der Waals surface area contributed by atoms with E-state index in [1.165, 1.54) is 23.3 Å². The highest BCUT2D eigenvalue weighted by Gasteiger charge is 2.14. The van der Waals surface area contributed by atoms with Gasteiger partial charge in [-0.15, -0.1) is 10.2 Å². The highest BCUT2D eigenvalue weighted by atomic mass is 32.2. The van der Waals surface area contributed by atoms with Crippen molar-refractivity contribution in [2.45, 2.75) is 44.1 Å². The minimum Gasteiger partial charge on any atom is -0.374 e. The maximum Gasteiger partial charge on any atom is 0.344 e. The van der Waals surface area contributed by atoms with E-state index in [1.807, 2.05) is 13.8 Å². The number of hydrogen-bond donors (Lipinski definition) is 2. The zero-order valence-corrected chi connectivity index (χ0v) is 13.3. The Hall–Kier alpha value is -1.35. The number of rotatable bonds is 7. The number of nitrogens with one attached hydrogen (secondary N) is 2. The van der Waals surface area contributed by atoms with Crippen LogP contribution in [0.3, 0.4) is 0 Å². The summed E-state index contributed by atoms with van der Waals surface area (Å²) < 4.78 is 5.61. The van der Waals surface area contributed by atoms with Crippen molar-refractivity contribution >= 4 is 28.3 Å². The first-order valence-corrected chi connectivity index (χ1v) is 8.24.